The molecule has 5 heteroatoms. The third-order valence-corrected chi connectivity index (χ3v) is 2.77. The first-order valence-electron chi connectivity index (χ1n) is 5.98. The SMILES string of the molecule is COc1ccc(CCc2nc(C(C)N)n[nH]2)cc1. The maximum atomic E-state index is 5.71. The number of hydrogen-bond donors (Lipinski definition) is 2. The first-order chi connectivity index (χ1) is 8.69. The van der Waals surface area contributed by atoms with Crippen molar-refractivity contribution < 1.29 is 4.74 Å². The number of aromatic amines is 1. The van der Waals surface area contributed by atoms with Gasteiger partial charge in [-0.15, -0.1) is 0 Å². The van der Waals surface area contributed by atoms with Gasteiger partial charge in [0.2, 0.25) is 0 Å². The van der Waals surface area contributed by atoms with E-state index < -0.39 is 0 Å². The van der Waals surface area contributed by atoms with Crippen LogP contribution < -0.4 is 10.5 Å². The van der Waals surface area contributed by atoms with Crippen molar-refractivity contribution in [2.24, 2.45) is 5.73 Å². The molecule has 1 unspecified atom stereocenters. The average molecular weight is 246 g/mol. The molecule has 0 aliphatic rings. The molecule has 0 saturated carbocycles. The van der Waals surface area contributed by atoms with Gasteiger partial charge in [0.15, 0.2) is 5.82 Å². The lowest BCUT2D eigenvalue weighted by Gasteiger charge is -2.02. The van der Waals surface area contributed by atoms with Crippen LogP contribution in [0.15, 0.2) is 24.3 Å². The molecule has 0 bridgehead atoms. The van der Waals surface area contributed by atoms with Crippen molar-refractivity contribution in [3.05, 3.63) is 41.5 Å². The standard InChI is InChI=1S/C13H18N4O/c1-9(14)13-15-12(16-17-13)8-5-10-3-6-11(18-2)7-4-10/h3-4,6-7,9H,5,8,14H2,1-2H3,(H,15,16,17). The topological polar surface area (TPSA) is 76.8 Å². The van der Waals surface area contributed by atoms with Gasteiger partial charge in [0.25, 0.3) is 0 Å². The second-order valence-electron chi connectivity index (χ2n) is 4.28. The molecule has 0 spiro atoms. The lowest BCUT2D eigenvalue weighted by molar-refractivity contribution is 0.414. The molecule has 0 radical (unpaired) electrons. The summed E-state index contributed by atoms with van der Waals surface area (Å²) in [5.74, 6) is 2.41. The van der Waals surface area contributed by atoms with E-state index in [2.05, 4.69) is 27.3 Å². The number of aromatic nitrogens is 3. The fourth-order valence-corrected chi connectivity index (χ4v) is 1.68. The molecule has 18 heavy (non-hydrogen) atoms. The molecule has 0 saturated heterocycles. The quantitative estimate of drug-likeness (QED) is 0.840. The molecule has 1 aromatic carbocycles. The summed E-state index contributed by atoms with van der Waals surface area (Å²) in [6.07, 6.45) is 1.74. The van der Waals surface area contributed by atoms with Gasteiger partial charge >= 0.3 is 0 Å². The number of methoxy groups -OCH3 is 1. The van der Waals surface area contributed by atoms with Gasteiger partial charge < -0.3 is 10.5 Å². The van der Waals surface area contributed by atoms with E-state index in [0.717, 1.165) is 24.4 Å². The molecule has 0 aliphatic heterocycles. The monoisotopic (exact) mass is 246 g/mol. The molecule has 5 nitrogen and oxygen atoms in total. The van der Waals surface area contributed by atoms with Crippen LogP contribution in [0.25, 0.3) is 0 Å². The van der Waals surface area contributed by atoms with E-state index in [9.17, 15) is 0 Å². The molecular weight excluding hydrogens is 228 g/mol. The minimum absolute atomic E-state index is 0.129. The molecular formula is C13H18N4O. The highest BCUT2D eigenvalue weighted by Gasteiger charge is 2.07. The maximum Gasteiger partial charge on any atom is 0.167 e. The van der Waals surface area contributed by atoms with Crippen LogP contribution in [0.1, 0.15) is 30.2 Å². The first kappa shape index (κ1) is 12.6. The van der Waals surface area contributed by atoms with E-state index in [1.54, 1.807) is 7.11 Å². The Morgan fingerprint density at radius 2 is 2.00 bits per heavy atom. The highest BCUT2D eigenvalue weighted by molar-refractivity contribution is 5.27. The van der Waals surface area contributed by atoms with Gasteiger partial charge in [-0.05, 0) is 31.0 Å². The Morgan fingerprint density at radius 3 is 2.56 bits per heavy atom. The fraction of sp³-hybridized carbons (Fsp3) is 0.385. The number of benzene rings is 1. The lowest BCUT2D eigenvalue weighted by Crippen LogP contribution is -2.07. The number of rotatable bonds is 5. The van der Waals surface area contributed by atoms with Crippen molar-refractivity contribution in [1.29, 1.82) is 0 Å². The Labute approximate surface area is 106 Å². The van der Waals surface area contributed by atoms with E-state index >= 15 is 0 Å². The van der Waals surface area contributed by atoms with E-state index in [4.69, 9.17) is 10.5 Å². The van der Waals surface area contributed by atoms with E-state index in [0.29, 0.717) is 5.82 Å². The van der Waals surface area contributed by atoms with Crippen molar-refractivity contribution in [2.75, 3.05) is 7.11 Å². The van der Waals surface area contributed by atoms with Crippen LogP contribution >= 0.6 is 0 Å². The van der Waals surface area contributed by atoms with Crippen LogP contribution in [0.4, 0.5) is 0 Å². The van der Waals surface area contributed by atoms with Crippen LogP contribution in [-0.2, 0) is 12.8 Å². The lowest BCUT2D eigenvalue weighted by atomic mass is 10.1. The van der Waals surface area contributed by atoms with E-state index in [1.165, 1.54) is 5.56 Å². The number of nitrogens with one attached hydrogen (secondary N) is 1. The molecule has 1 heterocycles. The van der Waals surface area contributed by atoms with Gasteiger partial charge in [-0.2, -0.15) is 5.10 Å². The zero-order chi connectivity index (χ0) is 13.0. The summed E-state index contributed by atoms with van der Waals surface area (Å²) in [6, 6.07) is 7.91. The van der Waals surface area contributed by atoms with Gasteiger partial charge in [0.05, 0.1) is 13.2 Å². The molecule has 2 aromatic rings. The number of hydrogen-bond acceptors (Lipinski definition) is 4. The number of ether oxygens (including phenoxy) is 1. The van der Waals surface area contributed by atoms with Gasteiger partial charge in [-0.3, -0.25) is 5.10 Å². The molecule has 2 rings (SSSR count). The van der Waals surface area contributed by atoms with Crippen LogP contribution in [0.5, 0.6) is 5.75 Å². The second-order valence-corrected chi connectivity index (χ2v) is 4.28. The second kappa shape index (κ2) is 5.64. The third-order valence-electron chi connectivity index (χ3n) is 2.77. The fourth-order valence-electron chi connectivity index (χ4n) is 1.68. The molecule has 96 valence electrons. The van der Waals surface area contributed by atoms with E-state index in [-0.39, 0.29) is 6.04 Å². The molecule has 0 fully saturated rings. The van der Waals surface area contributed by atoms with Gasteiger partial charge in [0, 0.05) is 6.42 Å². The third kappa shape index (κ3) is 3.07. The Hall–Kier alpha value is -1.88. The summed E-state index contributed by atoms with van der Waals surface area (Å²) in [6.45, 7) is 1.87. The average Bonchev–Trinajstić information content (AvgIpc) is 2.86. The van der Waals surface area contributed by atoms with Crippen LogP contribution in [0, 0.1) is 0 Å². The number of aryl methyl sites for hydroxylation is 2. The summed E-state index contributed by atoms with van der Waals surface area (Å²) in [5, 5.41) is 6.99. The van der Waals surface area contributed by atoms with Crippen LogP contribution in [0.2, 0.25) is 0 Å². The summed E-state index contributed by atoms with van der Waals surface area (Å²) < 4.78 is 5.12. The zero-order valence-electron chi connectivity index (χ0n) is 10.7. The molecule has 0 amide bonds. The number of H-pyrrole nitrogens is 1. The zero-order valence-corrected chi connectivity index (χ0v) is 10.7. The largest absolute Gasteiger partial charge is 0.497 e. The molecule has 1 aromatic heterocycles. The van der Waals surface area contributed by atoms with Gasteiger partial charge in [-0.1, -0.05) is 12.1 Å². The Morgan fingerprint density at radius 1 is 1.28 bits per heavy atom. The van der Waals surface area contributed by atoms with Crippen LogP contribution in [0.3, 0.4) is 0 Å². The summed E-state index contributed by atoms with van der Waals surface area (Å²) in [7, 11) is 1.67. The van der Waals surface area contributed by atoms with Gasteiger partial charge in [-0.25, -0.2) is 4.98 Å². The van der Waals surface area contributed by atoms with Gasteiger partial charge in [0.1, 0.15) is 11.6 Å². The number of nitrogens with zero attached hydrogens (tertiary/aromatic N) is 2. The Bertz CT molecular complexity index is 490. The van der Waals surface area contributed by atoms with Crippen molar-refractivity contribution in [3.8, 4) is 5.75 Å². The number of nitrogens with two attached hydrogens (primary N) is 1. The molecule has 3 N–H and O–H groups in total. The van der Waals surface area contributed by atoms with Crippen molar-refractivity contribution >= 4 is 0 Å². The Kier molecular flexibility index (Phi) is 3.94. The maximum absolute atomic E-state index is 5.71. The van der Waals surface area contributed by atoms with Crippen molar-refractivity contribution in [3.63, 3.8) is 0 Å². The van der Waals surface area contributed by atoms with Crippen LogP contribution in [-0.4, -0.2) is 22.3 Å². The van der Waals surface area contributed by atoms with Crippen molar-refractivity contribution in [2.45, 2.75) is 25.8 Å². The minimum Gasteiger partial charge on any atom is -0.497 e. The predicted octanol–water partition coefficient (Wildman–Crippen LogP) is 1.62. The highest BCUT2D eigenvalue weighted by Crippen LogP contribution is 2.13. The molecule has 1 atom stereocenters. The summed E-state index contributed by atoms with van der Waals surface area (Å²) in [5.41, 5.74) is 6.95. The molecule has 0 aliphatic carbocycles. The van der Waals surface area contributed by atoms with Crippen molar-refractivity contribution in [1.82, 2.24) is 15.2 Å². The first-order valence-corrected chi connectivity index (χ1v) is 5.98. The highest BCUT2D eigenvalue weighted by atomic mass is 16.5. The Balaban J connectivity index is 1.93. The predicted molar refractivity (Wildman–Crippen MR) is 69.4 cm³/mol. The smallest absolute Gasteiger partial charge is 0.167 e. The normalized spacial score (nSPS) is 12.4. The summed E-state index contributed by atoms with van der Waals surface area (Å²) >= 11 is 0. The van der Waals surface area contributed by atoms with E-state index in [1.807, 2.05) is 19.1 Å². The minimum atomic E-state index is -0.129. The summed E-state index contributed by atoms with van der Waals surface area (Å²) in [4.78, 5) is 4.34.